The second kappa shape index (κ2) is 9.37. The van der Waals surface area contributed by atoms with Gasteiger partial charge < -0.3 is 10.2 Å². The van der Waals surface area contributed by atoms with Crippen molar-refractivity contribution < 1.29 is 4.79 Å². The number of carbonyl (C=O) groups is 1. The number of hydrogen-bond acceptors (Lipinski definition) is 4. The summed E-state index contributed by atoms with van der Waals surface area (Å²) in [5.41, 5.74) is 4.33. The molecule has 3 heterocycles. The molecule has 1 fully saturated rings. The van der Waals surface area contributed by atoms with Crippen molar-refractivity contribution in [3.8, 4) is 11.3 Å². The first-order chi connectivity index (χ1) is 13.5. The summed E-state index contributed by atoms with van der Waals surface area (Å²) < 4.78 is 2.02. The van der Waals surface area contributed by atoms with Crippen molar-refractivity contribution in [3.05, 3.63) is 23.1 Å². The summed E-state index contributed by atoms with van der Waals surface area (Å²) in [5, 5.41) is 15.0. The van der Waals surface area contributed by atoms with Crippen LogP contribution in [0, 0.1) is 13.8 Å². The Hall–Kier alpha value is -2.15. The highest BCUT2D eigenvalue weighted by Crippen LogP contribution is 2.26. The van der Waals surface area contributed by atoms with E-state index in [1.807, 2.05) is 17.7 Å². The highest BCUT2D eigenvalue weighted by Gasteiger charge is 2.20. The van der Waals surface area contributed by atoms with Gasteiger partial charge in [0.15, 0.2) is 0 Å². The molecule has 0 saturated carbocycles. The maximum Gasteiger partial charge on any atom is 0.269 e. The van der Waals surface area contributed by atoms with E-state index in [1.165, 1.54) is 25.7 Å². The van der Waals surface area contributed by atoms with Gasteiger partial charge in [0.1, 0.15) is 5.69 Å². The molecule has 0 aliphatic carbocycles. The van der Waals surface area contributed by atoms with Crippen molar-refractivity contribution in [1.29, 1.82) is 0 Å². The van der Waals surface area contributed by atoms with Crippen LogP contribution >= 0.6 is 0 Å². The molecule has 7 heteroatoms. The van der Waals surface area contributed by atoms with Crippen LogP contribution in [0.25, 0.3) is 11.3 Å². The van der Waals surface area contributed by atoms with E-state index in [4.69, 9.17) is 0 Å². The summed E-state index contributed by atoms with van der Waals surface area (Å²) >= 11 is 0. The molecule has 1 atom stereocenters. The average molecular weight is 387 g/mol. The fourth-order valence-corrected chi connectivity index (χ4v) is 4.12. The van der Waals surface area contributed by atoms with E-state index in [0.29, 0.717) is 5.69 Å². The smallest absolute Gasteiger partial charge is 0.269 e. The molecule has 2 N–H and O–H groups in total. The number of H-pyrrole nitrogens is 1. The zero-order valence-corrected chi connectivity index (χ0v) is 17.7. The Morgan fingerprint density at radius 3 is 2.64 bits per heavy atom. The number of rotatable bonds is 7. The quantitative estimate of drug-likeness (QED) is 0.765. The minimum atomic E-state index is -0.0997. The van der Waals surface area contributed by atoms with Crippen LogP contribution in [0.1, 0.15) is 67.8 Å². The number of nitrogens with zero attached hydrogens (tertiary/aromatic N) is 4. The third-order valence-corrected chi connectivity index (χ3v) is 5.50. The molecule has 2 aromatic heterocycles. The summed E-state index contributed by atoms with van der Waals surface area (Å²) in [5.74, 6) is -0.0997. The van der Waals surface area contributed by atoms with Crippen LogP contribution in [0.2, 0.25) is 0 Å². The van der Waals surface area contributed by atoms with E-state index in [9.17, 15) is 4.79 Å². The average Bonchev–Trinajstić information content (AvgIpc) is 3.12. The van der Waals surface area contributed by atoms with Crippen LogP contribution < -0.4 is 5.32 Å². The van der Waals surface area contributed by atoms with Crippen LogP contribution in [-0.2, 0) is 6.54 Å². The summed E-state index contributed by atoms with van der Waals surface area (Å²) in [6, 6.07) is 1.94. The number of aryl methyl sites for hydroxylation is 2. The highest BCUT2D eigenvalue weighted by atomic mass is 16.2. The third-order valence-electron chi connectivity index (χ3n) is 5.50. The third kappa shape index (κ3) is 4.82. The number of aromatic nitrogens is 4. The van der Waals surface area contributed by atoms with Crippen molar-refractivity contribution in [1.82, 2.24) is 30.2 Å². The number of carbonyl (C=O) groups excluding carboxylic acids is 1. The van der Waals surface area contributed by atoms with Crippen molar-refractivity contribution in [2.45, 2.75) is 72.4 Å². The predicted octanol–water partition coefficient (Wildman–Crippen LogP) is 3.29. The lowest BCUT2D eigenvalue weighted by atomic mass is 10.1. The summed E-state index contributed by atoms with van der Waals surface area (Å²) in [7, 11) is 0. The molecule has 28 heavy (non-hydrogen) atoms. The molecular formula is C21H34N6O. The summed E-state index contributed by atoms with van der Waals surface area (Å²) in [6.07, 6.45) is 6.19. The lowest BCUT2D eigenvalue weighted by Crippen LogP contribution is -2.42. The Kier molecular flexibility index (Phi) is 6.88. The first-order valence-corrected chi connectivity index (χ1v) is 10.6. The van der Waals surface area contributed by atoms with E-state index in [0.717, 1.165) is 55.2 Å². The van der Waals surface area contributed by atoms with Gasteiger partial charge in [0.25, 0.3) is 5.91 Å². The second-order valence-corrected chi connectivity index (χ2v) is 8.03. The number of hydrogen-bond donors (Lipinski definition) is 2. The lowest BCUT2D eigenvalue weighted by Gasteiger charge is -2.24. The summed E-state index contributed by atoms with van der Waals surface area (Å²) in [4.78, 5) is 15.1. The first-order valence-electron chi connectivity index (χ1n) is 10.6. The Balaban J connectivity index is 1.64. The Labute approximate surface area is 167 Å². The van der Waals surface area contributed by atoms with E-state index >= 15 is 0 Å². The van der Waals surface area contributed by atoms with Gasteiger partial charge in [0.05, 0.1) is 11.4 Å². The van der Waals surface area contributed by atoms with Crippen LogP contribution in [0.5, 0.6) is 0 Å². The van der Waals surface area contributed by atoms with Gasteiger partial charge in [0.2, 0.25) is 0 Å². The van der Waals surface area contributed by atoms with E-state index in [1.54, 1.807) is 0 Å². The van der Waals surface area contributed by atoms with Gasteiger partial charge in [-0.15, -0.1) is 0 Å². The van der Waals surface area contributed by atoms with Gasteiger partial charge in [0, 0.05) is 30.4 Å². The predicted molar refractivity (Wildman–Crippen MR) is 111 cm³/mol. The van der Waals surface area contributed by atoms with Crippen LogP contribution in [-0.4, -0.2) is 56.5 Å². The standard InChI is InChI=1S/C21H34N6O/c1-5-10-27-17(4)20(16(3)25-27)18-13-19(24-23-18)21(28)22-15(2)14-26-11-8-6-7-9-12-26/h13,15H,5-12,14H2,1-4H3,(H,22,28)(H,23,24)/t15-/m1/s1. The number of likely N-dealkylation sites (tertiary alicyclic amines) is 1. The van der Waals surface area contributed by atoms with Gasteiger partial charge in [-0.2, -0.15) is 10.2 Å². The first kappa shape index (κ1) is 20.6. The van der Waals surface area contributed by atoms with Gasteiger partial charge in [-0.3, -0.25) is 14.6 Å². The fourth-order valence-electron chi connectivity index (χ4n) is 4.12. The molecule has 1 aliphatic heterocycles. The van der Waals surface area contributed by atoms with Crippen LogP contribution in [0.15, 0.2) is 6.07 Å². The molecule has 0 unspecified atom stereocenters. The fraction of sp³-hybridized carbons (Fsp3) is 0.667. The van der Waals surface area contributed by atoms with Gasteiger partial charge in [-0.05, 0) is 59.2 Å². The van der Waals surface area contributed by atoms with Crippen molar-refractivity contribution in [2.24, 2.45) is 0 Å². The number of aromatic amines is 1. The molecule has 0 bridgehead atoms. The molecule has 0 aromatic carbocycles. The van der Waals surface area contributed by atoms with Crippen molar-refractivity contribution >= 4 is 5.91 Å². The maximum absolute atomic E-state index is 12.7. The normalized spacial score (nSPS) is 16.7. The molecule has 1 saturated heterocycles. The zero-order chi connectivity index (χ0) is 20.1. The summed E-state index contributed by atoms with van der Waals surface area (Å²) in [6.45, 7) is 12.3. The maximum atomic E-state index is 12.7. The largest absolute Gasteiger partial charge is 0.347 e. The minimum Gasteiger partial charge on any atom is -0.347 e. The van der Waals surface area contributed by atoms with Crippen LogP contribution in [0.4, 0.5) is 0 Å². The minimum absolute atomic E-state index is 0.0997. The van der Waals surface area contributed by atoms with Crippen molar-refractivity contribution in [2.75, 3.05) is 19.6 Å². The molecule has 1 amide bonds. The molecule has 2 aromatic rings. The van der Waals surface area contributed by atoms with E-state index in [2.05, 4.69) is 46.3 Å². The second-order valence-electron chi connectivity index (χ2n) is 8.03. The number of amides is 1. The highest BCUT2D eigenvalue weighted by molar-refractivity contribution is 5.93. The molecule has 3 rings (SSSR count). The molecule has 1 aliphatic rings. The van der Waals surface area contributed by atoms with E-state index < -0.39 is 0 Å². The molecular weight excluding hydrogens is 352 g/mol. The van der Waals surface area contributed by atoms with Crippen molar-refractivity contribution in [3.63, 3.8) is 0 Å². The molecule has 7 nitrogen and oxygen atoms in total. The van der Waals surface area contributed by atoms with Gasteiger partial charge in [-0.1, -0.05) is 19.8 Å². The Morgan fingerprint density at radius 2 is 1.96 bits per heavy atom. The van der Waals surface area contributed by atoms with Gasteiger partial charge >= 0.3 is 0 Å². The van der Waals surface area contributed by atoms with Crippen LogP contribution in [0.3, 0.4) is 0 Å². The molecule has 0 spiro atoms. The van der Waals surface area contributed by atoms with E-state index in [-0.39, 0.29) is 11.9 Å². The molecule has 0 radical (unpaired) electrons. The number of nitrogens with one attached hydrogen (secondary N) is 2. The lowest BCUT2D eigenvalue weighted by molar-refractivity contribution is 0.0924. The Morgan fingerprint density at radius 1 is 1.25 bits per heavy atom. The Bertz CT molecular complexity index is 785. The SMILES string of the molecule is CCCn1nc(C)c(-c2cc(C(=O)N[C@H](C)CN3CCCCCC3)[nH]n2)c1C. The topological polar surface area (TPSA) is 78.8 Å². The van der Waals surface area contributed by atoms with Gasteiger partial charge in [-0.25, -0.2) is 0 Å². The monoisotopic (exact) mass is 386 g/mol. The molecule has 154 valence electrons. The zero-order valence-electron chi connectivity index (χ0n) is 17.7.